The summed E-state index contributed by atoms with van der Waals surface area (Å²) in [6.07, 6.45) is 0. The summed E-state index contributed by atoms with van der Waals surface area (Å²) in [7, 11) is 1.66. The van der Waals surface area contributed by atoms with Crippen molar-refractivity contribution in [3.63, 3.8) is 0 Å². The van der Waals surface area contributed by atoms with Gasteiger partial charge in [-0.1, -0.05) is 0 Å². The van der Waals surface area contributed by atoms with Crippen molar-refractivity contribution in [2.45, 2.75) is 25.9 Å². The highest BCUT2D eigenvalue weighted by Crippen LogP contribution is 2.47. The number of halogens is 1. The van der Waals surface area contributed by atoms with Crippen molar-refractivity contribution < 1.29 is 18.7 Å². The summed E-state index contributed by atoms with van der Waals surface area (Å²) in [5.74, 6) is 0.641. The van der Waals surface area contributed by atoms with Gasteiger partial charge >= 0.3 is 6.03 Å². The Morgan fingerprint density at radius 1 is 1.52 bits per heavy atom. The van der Waals surface area contributed by atoms with Crippen LogP contribution in [0.15, 0.2) is 18.2 Å². The van der Waals surface area contributed by atoms with Crippen LogP contribution < -0.4 is 10.1 Å². The SMILES string of the molecule is COC[C@@H]1CN(C(=O)NC(C)C)[C@H]2c3cc(F)ccc3OC[C@@H]12. The summed E-state index contributed by atoms with van der Waals surface area (Å²) in [5.41, 5.74) is 0.749. The predicted molar refractivity (Wildman–Crippen MR) is 83.9 cm³/mol. The normalized spacial score (nSPS) is 25.8. The second kappa shape index (κ2) is 6.35. The molecule has 1 saturated heterocycles. The van der Waals surface area contributed by atoms with Crippen LogP contribution in [0.1, 0.15) is 25.5 Å². The number of methoxy groups -OCH3 is 1. The molecule has 126 valence electrons. The van der Waals surface area contributed by atoms with Crippen molar-refractivity contribution in [2.24, 2.45) is 11.8 Å². The van der Waals surface area contributed by atoms with E-state index in [0.717, 1.165) is 5.56 Å². The van der Waals surface area contributed by atoms with Crippen LogP contribution in [0.3, 0.4) is 0 Å². The minimum atomic E-state index is -0.313. The average Bonchev–Trinajstić information content (AvgIpc) is 2.86. The summed E-state index contributed by atoms with van der Waals surface area (Å²) in [4.78, 5) is 14.4. The molecule has 1 N–H and O–H groups in total. The van der Waals surface area contributed by atoms with E-state index in [2.05, 4.69) is 5.32 Å². The number of hydrogen-bond donors (Lipinski definition) is 1. The van der Waals surface area contributed by atoms with Crippen LogP contribution in [0.4, 0.5) is 9.18 Å². The van der Waals surface area contributed by atoms with Gasteiger partial charge in [0, 0.05) is 37.1 Å². The third kappa shape index (κ3) is 3.00. The van der Waals surface area contributed by atoms with E-state index in [4.69, 9.17) is 9.47 Å². The lowest BCUT2D eigenvalue weighted by Crippen LogP contribution is -2.44. The Hall–Kier alpha value is -1.82. The van der Waals surface area contributed by atoms with E-state index < -0.39 is 0 Å². The van der Waals surface area contributed by atoms with Crippen molar-refractivity contribution in [3.05, 3.63) is 29.6 Å². The number of hydrogen-bond acceptors (Lipinski definition) is 3. The van der Waals surface area contributed by atoms with Crippen LogP contribution in [-0.4, -0.2) is 43.8 Å². The van der Waals surface area contributed by atoms with E-state index >= 15 is 0 Å². The minimum absolute atomic E-state index is 0.0502. The molecule has 2 aliphatic heterocycles. The molecule has 2 aliphatic rings. The largest absolute Gasteiger partial charge is 0.493 e. The number of nitrogens with one attached hydrogen (secondary N) is 1. The van der Waals surface area contributed by atoms with Crippen LogP contribution in [0.5, 0.6) is 5.75 Å². The molecule has 2 amide bonds. The van der Waals surface area contributed by atoms with E-state index in [9.17, 15) is 9.18 Å². The van der Waals surface area contributed by atoms with E-state index in [1.807, 2.05) is 13.8 Å². The molecule has 0 radical (unpaired) electrons. The van der Waals surface area contributed by atoms with Crippen LogP contribution in [-0.2, 0) is 4.74 Å². The number of nitrogens with zero attached hydrogens (tertiary/aromatic N) is 1. The Balaban J connectivity index is 1.95. The summed E-state index contributed by atoms with van der Waals surface area (Å²) < 4.78 is 24.8. The van der Waals surface area contributed by atoms with Crippen molar-refractivity contribution in [1.82, 2.24) is 10.2 Å². The molecule has 1 aromatic carbocycles. The lowest BCUT2D eigenvalue weighted by molar-refractivity contribution is 0.0998. The lowest BCUT2D eigenvalue weighted by atomic mass is 9.85. The van der Waals surface area contributed by atoms with Gasteiger partial charge in [-0.25, -0.2) is 9.18 Å². The van der Waals surface area contributed by atoms with Gasteiger partial charge in [0.1, 0.15) is 11.6 Å². The van der Waals surface area contributed by atoms with E-state index in [1.54, 1.807) is 18.1 Å². The third-order valence-corrected chi connectivity index (χ3v) is 4.55. The molecular weight excluding hydrogens is 299 g/mol. The quantitative estimate of drug-likeness (QED) is 0.930. The number of amides is 2. The fourth-order valence-electron chi connectivity index (χ4n) is 3.61. The number of carbonyl (C=O) groups is 1. The Kier molecular flexibility index (Phi) is 4.43. The molecule has 6 heteroatoms. The molecule has 0 spiro atoms. The zero-order valence-corrected chi connectivity index (χ0v) is 13.7. The van der Waals surface area contributed by atoms with Gasteiger partial charge in [0.2, 0.25) is 0 Å². The first-order chi connectivity index (χ1) is 11.0. The number of fused-ring (bicyclic) bond motifs is 3. The molecule has 23 heavy (non-hydrogen) atoms. The van der Waals surface area contributed by atoms with E-state index in [-0.39, 0.29) is 35.8 Å². The molecule has 0 aliphatic carbocycles. The molecule has 0 saturated carbocycles. The second-order valence-corrected chi connectivity index (χ2v) is 6.57. The molecule has 0 aromatic heterocycles. The van der Waals surface area contributed by atoms with Gasteiger partial charge in [0.05, 0.1) is 19.3 Å². The smallest absolute Gasteiger partial charge is 0.318 e. The number of carbonyl (C=O) groups excluding carboxylic acids is 1. The Morgan fingerprint density at radius 3 is 3.00 bits per heavy atom. The standard InChI is InChI=1S/C17H23FN2O3/c1-10(2)19-17(21)20-7-11(8-22-3)14-9-23-15-5-4-12(18)6-13(15)16(14)20/h4-6,10-11,14,16H,7-9H2,1-3H3,(H,19,21)/t11-,14-,16-/m0/s1. The van der Waals surface area contributed by atoms with Crippen LogP contribution >= 0.6 is 0 Å². The first-order valence-electron chi connectivity index (χ1n) is 7.99. The first-order valence-corrected chi connectivity index (χ1v) is 7.99. The highest BCUT2D eigenvalue weighted by Gasteiger charge is 2.48. The van der Waals surface area contributed by atoms with Crippen LogP contribution in [0.25, 0.3) is 0 Å². The topological polar surface area (TPSA) is 50.8 Å². The fraction of sp³-hybridized carbons (Fsp3) is 0.588. The van der Waals surface area contributed by atoms with Gasteiger partial charge in [0.15, 0.2) is 0 Å². The number of rotatable bonds is 3. The third-order valence-electron chi connectivity index (χ3n) is 4.55. The van der Waals surface area contributed by atoms with Gasteiger partial charge in [-0.2, -0.15) is 0 Å². The molecular formula is C17H23FN2O3. The number of likely N-dealkylation sites (tertiary alicyclic amines) is 1. The van der Waals surface area contributed by atoms with Crippen LogP contribution in [0.2, 0.25) is 0 Å². The Morgan fingerprint density at radius 2 is 2.30 bits per heavy atom. The maximum Gasteiger partial charge on any atom is 0.318 e. The molecule has 3 rings (SSSR count). The molecule has 5 nitrogen and oxygen atoms in total. The number of benzene rings is 1. The first kappa shape index (κ1) is 16.1. The second-order valence-electron chi connectivity index (χ2n) is 6.57. The molecule has 2 heterocycles. The van der Waals surface area contributed by atoms with Gasteiger partial charge in [-0.3, -0.25) is 0 Å². The fourth-order valence-corrected chi connectivity index (χ4v) is 3.61. The maximum atomic E-state index is 13.7. The number of ether oxygens (including phenoxy) is 2. The summed E-state index contributed by atoms with van der Waals surface area (Å²) >= 11 is 0. The van der Waals surface area contributed by atoms with E-state index in [0.29, 0.717) is 25.5 Å². The molecule has 1 fully saturated rings. The van der Waals surface area contributed by atoms with E-state index in [1.165, 1.54) is 12.1 Å². The van der Waals surface area contributed by atoms with Gasteiger partial charge < -0.3 is 19.7 Å². The van der Waals surface area contributed by atoms with Crippen molar-refractivity contribution >= 4 is 6.03 Å². The van der Waals surface area contributed by atoms with Gasteiger partial charge in [-0.05, 0) is 32.0 Å². The molecule has 1 aromatic rings. The molecule has 0 unspecified atom stereocenters. The summed E-state index contributed by atoms with van der Waals surface area (Å²) in [5, 5.41) is 2.94. The predicted octanol–water partition coefficient (Wildman–Crippen LogP) is 2.57. The van der Waals surface area contributed by atoms with Crippen LogP contribution in [0, 0.1) is 17.7 Å². The van der Waals surface area contributed by atoms with Crippen molar-refractivity contribution in [2.75, 3.05) is 26.9 Å². The Bertz CT molecular complexity index is 593. The zero-order chi connectivity index (χ0) is 16.6. The minimum Gasteiger partial charge on any atom is -0.493 e. The highest BCUT2D eigenvalue weighted by atomic mass is 19.1. The monoisotopic (exact) mass is 322 g/mol. The Labute approximate surface area is 135 Å². The lowest BCUT2D eigenvalue weighted by Gasteiger charge is -2.34. The molecule has 0 bridgehead atoms. The van der Waals surface area contributed by atoms with Gasteiger partial charge in [0.25, 0.3) is 0 Å². The van der Waals surface area contributed by atoms with Crippen molar-refractivity contribution in [1.29, 1.82) is 0 Å². The maximum absolute atomic E-state index is 13.7. The molecule has 3 atom stereocenters. The summed E-state index contributed by atoms with van der Waals surface area (Å²) in [6, 6.07) is 4.27. The zero-order valence-electron chi connectivity index (χ0n) is 13.7. The average molecular weight is 322 g/mol. The van der Waals surface area contributed by atoms with Gasteiger partial charge in [-0.15, -0.1) is 0 Å². The summed E-state index contributed by atoms with van der Waals surface area (Å²) in [6.45, 7) is 5.51. The highest BCUT2D eigenvalue weighted by molar-refractivity contribution is 5.76. The van der Waals surface area contributed by atoms with Crippen molar-refractivity contribution in [3.8, 4) is 5.75 Å². The number of urea groups is 1.